The van der Waals surface area contributed by atoms with Gasteiger partial charge in [-0.3, -0.25) is 0 Å². The monoisotopic (exact) mass is 630 g/mol. The van der Waals surface area contributed by atoms with Crippen molar-refractivity contribution < 1.29 is 24.7 Å². The third kappa shape index (κ3) is 4.74. The van der Waals surface area contributed by atoms with Crippen LogP contribution in [0.2, 0.25) is 0 Å². The summed E-state index contributed by atoms with van der Waals surface area (Å²) in [5.41, 5.74) is -1.31. The summed E-state index contributed by atoms with van der Waals surface area (Å²) in [5, 5.41) is 2.42. The van der Waals surface area contributed by atoms with Gasteiger partial charge in [-0.25, -0.2) is 0 Å². The van der Waals surface area contributed by atoms with Crippen molar-refractivity contribution in [1.82, 2.24) is 4.57 Å². The smallest absolute Gasteiger partial charge is 0.0645 e. The summed E-state index contributed by atoms with van der Waals surface area (Å²) in [7, 11) is 0. The van der Waals surface area contributed by atoms with Crippen LogP contribution >= 0.6 is 0 Å². The van der Waals surface area contributed by atoms with E-state index in [0.717, 1.165) is 27.0 Å². The normalized spacial score (nSPS) is 16.6. The maximum absolute atomic E-state index is 9.64. The van der Waals surface area contributed by atoms with E-state index >= 15 is 0 Å². The number of anilines is 3. The fourth-order valence-electron chi connectivity index (χ4n) is 6.05. The van der Waals surface area contributed by atoms with Crippen molar-refractivity contribution in [2.75, 3.05) is 4.90 Å². The topological polar surface area (TPSA) is 8.17 Å². The minimum atomic E-state index is -0.890. The van der Waals surface area contributed by atoms with Gasteiger partial charge in [-0.2, -0.15) is 0 Å². The van der Waals surface area contributed by atoms with Gasteiger partial charge in [-0.05, 0) is 76.7 Å². The number of nitrogens with zero attached hydrogens (tertiary/aromatic N) is 2. The molecule has 0 amide bonds. The number of rotatable bonds is 6. The van der Waals surface area contributed by atoms with Crippen LogP contribution in [-0.2, 0) is 0 Å². The highest BCUT2D eigenvalue weighted by Gasteiger charge is 2.21. The fraction of sp³-hybridized carbons (Fsp3) is 0. The van der Waals surface area contributed by atoms with E-state index in [1.807, 2.05) is 60.7 Å². The van der Waals surface area contributed by atoms with Gasteiger partial charge in [0, 0.05) is 38.6 Å². The molecule has 1 aromatic heterocycles. The van der Waals surface area contributed by atoms with Crippen molar-refractivity contribution in [1.29, 1.82) is 0 Å². The van der Waals surface area contributed by atoms with Gasteiger partial charge < -0.3 is 9.47 Å². The molecule has 2 nitrogen and oxygen atoms in total. The van der Waals surface area contributed by atoms with Crippen LogP contribution in [-0.4, -0.2) is 4.57 Å². The molecule has 9 aromatic rings. The van der Waals surface area contributed by atoms with Crippen molar-refractivity contribution in [3.8, 4) is 27.9 Å². The molecule has 0 fully saturated rings. The van der Waals surface area contributed by atoms with E-state index in [9.17, 15) is 9.60 Å². The van der Waals surface area contributed by atoms with Crippen molar-refractivity contribution in [3.05, 3.63) is 194 Å². The molecule has 0 unspecified atom stereocenters. The van der Waals surface area contributed by atoms with Gasteiger partial charge in [0.2, 0.25) is 0 Å². The predicted octanol–water partition coefficient (Wildman–Crippen LogP) is 12.7. The van der Waals surface area contributed by atoms with Gasteiger partial charge in [0.25, 0.3) is 0 Å². The molecule has 0 saturated heterocycles. The van der Waals surface area contributed by atoms with Crippen LogP contribution in [0.4, 0.5) is 17.1 Å². The molecule has 48 heavy (non-hydrogen) atoms. The standard InChI is InChI=1S/C46H32N2/c1-4-15-33(16-5-1)35-17-14-18-36(31-35)34-27-29-39(30-28-34)47(37-19-6-2-7-20-37)45-32-43-41-24-12-13-26-44(41)48(38-21-8-3-9-22-38)46(43)42-25-11-10-23-40(42)45/h1-32H/i1D,2D,4D,5D,6D,7D,14D,15D,16D,17D,18D,19D,20D,27D,28D,29D,30D,31D. The second-order valence-electron chi connectivity index (χ2n) is 10.8. The molecule has 9 rings (SSSR count). The number of aromatic nitrogens is 1. The van der Waals surface area contributed by atoms with Gasteiger partial charge in [0.1, 0.15) is 0 Å². The Bertz CT molecular complexity index is 3500. The molecule has 0 aliphatic heterocycles. The van der Waals surface area contributed by atoms with Crippen LogP contribution in [0, 0.1) is 0 Å². The Balaban J connectivity index is 1.42. The summed E-state index contributed by atoms with van der Waals surface area (Å²) < 4.78 is 162. The molecular weight excluding hydrogens is 581 g/mol. The third-order valence-electron chi connectivity index (χ3n) is 8.08. The number of hydrogen-bond donors (Lipinski definition) is 0. The number of para-hydroxylation sites is 3. The van der Waals surface area contributed by atoms with E-state index in [4.69, 9.17) is 15.1 Å². The first-order valence-electron chi connectivity index (χ1n) is 24.0. The fourth-order valence-corrected chi connectivity index (χ4v) is 6.05. The highest BCUT2D eigenvalue weighted by atomic mass is 15.1. The molecular formula is C46H32N2. The molecule has 0 aliphatic rings. The SMILES string of the molecule is [2H]c1c([2H])c([2H])c(-c2c([2H])c([2H])c([2H])c(-c3c([2H])c([2H])c(N(c4c([2H])c([2H])c([2H])c([2H])c4[2H])c4cc5c6ccccc6n(-c6ccccc6)c5c5ccccc45)c([2H])c3[2H])c2[2H])c([2H])c1[2H]. The van der Waals surface area contributed by atoms with Crippen molar-refractivity contribution >= 4 is 49.6 Å². The lowest BCUT2D eigenvalue weighted by Crippen LogP contribution is -2.10. The van der Waals surface area contributed by atoms with E-state index in [2.05, 4.69) is 4.57 Å². The van der Waals surface area contributed by atoms with Crippen molar-refractivity contribution in [3.63, 3.8) is 0 Å². The zero-order chi connectivity index (χ0) is 47.5. The van der Waals surface area contributed by atoms with Crippen molar-refractivity contribution in [2.24, 2.45) is 0 Å². The zero-order valence-electron chi connectivity index (χ0n) is 43.0. The Hall–Kier alpha value is -6.38. The molecule has 1 heterocycles. The quantitative estimate of drug-likeness (QED) is 0.177. The summed E-state index contributed by atoms with van der Waals surface area (Å²) in [5.74, 6) is 0. The lowest BCUT2D eigenvalue weighted by atomic mass is 9.98. The lowest BCUT2D eigenvalue weighted by Gasteiger charge is -2.27. The highest BCUT2D eigenvalue weighted by Crippen LogP contribution is 2.45. The van der Waals surface area contributed by atoms with Gasteiger partial charge in [-0.1, -0.05) is 139 Å². The number of fused-ring (bicyclic) bond motifs is 5. The minimum absolute atomic E-state index is 0.110. The first-order chi connectivity index (χ1) is 31.3. The number of hydrogen-bond acceptors (Lipinski definition) is 1. The minimum Gasteiger partial charge on any atom is -0.310 e. The van der Waals surface area contributed by atoms with Gasteiger partial charge >= 0.3 is 0 Å². The molecule has 0 spiro atoms. The molecule has 2 heteroatoms. The van der Waals surface area contributed by atoms with Crippen LogP contribution in [0.3, 0.4) is 0 Å². The summed E-state index contributed by atoms with van der Waals surface area (Å²) in [6.07, 6.45) is 0. The Morgan fingerprint density at radius 3 is 1.73 bits per heavy atom. The molecule has 0 radical (unpaired) electrons. The maximum Gasteiger partial charge on any atom is 0.0645 e. The van der Waals surface area contributed by atoms with Gasteiger partial charge in [0.05, 0.1) is 41.4 Å². The molecule has 8 aromatic carbocycles. The first kappa shape index (κ1) is 15.0. The van der Waals surface area contributed by atoms with Gasteiger partial charge in [-0.15, -0.1) is 0 Å². The average Bonchev–Trinajstić information content (AvgIpc) is 3.66. The van der Waals surface area contributed by atoms with Gasteiger partial charge in [0.15, 0.2) is 0 Å². The van der Waals surface area contributed by atoms with Crippen LogP contribution in [0.5, 0.6) is 0 Å². The molecule has 0 aliphatic carbocycles. The zero-order valence-corrected chi connectivity index (χ0v) is 25.0. The highest BCUT2D eigenvalue weighted by molar-refractivity contribution is 6.22. The van der Waals surface area contributed by atoms with Crippen LogP contribution in [0.1, 0.15) is 24.7 Å². The van der Waals surface area contributed by atoms with E-state index in [1.54, 1.807) is 24.3 Å². The van der Waals surface area contributed by atoms with Crippen LogP contribution in [0.25, 0.3) is 60.5 Å². The molecule has 0 bridgehead atoms. The van der Waals surface area contributed by atoms with Crippen LogP contribution < -0.4 is 4.90 Å². The molecule has 0 atom stereocenters. The van der Waals surface area contributed by atoms with Crippen LogP contribution in [0.15, 0.2) is 194 Å². The van der Waals surface area contributed by atoms with E-state index in [-0.39, 0.29) is 5.69 Å². The summed E-state index contributed by atoms with van der Waals surface area (Å²) in [4.78, 5) is 1.10. The lowest BCUT2D eigenvalue weighted by molar-refractivity contribution is 1.19. The number of benzene rings is 8. The average molecular weight is 631 g/mol. The third-order valence-corrected chi connectivity index (χ3v) is 8.08. The Morgan fingerprint density at radius 2 is 1.00 bits per heavy atom. The Labute approximate surface area is 305 Å². The second kappa shape index (κ2) is 11.8. The Morgan fingerprint density at radius 1 is 0.438 bits per heavy atom. The predicted molar refractivity (Wildman–Crippen MR) is 204 cm³/mol. The largest absolute Gasteiger partial charge is 0.310 e. The molecule has 0 N–H and O–H groups in total. The summed E-state index contributed by atoms with van der Waals surface area (Å²) in [6, 6.07) is 11.3. The second-order valence-corrected chi connectivity index (χ2v) is 10.8. The molecule has 226 valence electrons. The summed E-state index contributed by atoms with van der Waals surface area (Å²) in [6.45, 7) is 0. The van der Waals surface area contributed by atoms with E-state index in [1.165, 1.54) is 0 Å². The Kier molecular flexibility index (Phi) is 3.68. The van der Waals surface area contributed by atoms with E-state index < -0.39 is 142 Å². The van der Waals surface area contributed by atoms with Crippen molar-refractivity contribution in [2.45, 2.75) is 0 Å². The summed E-state index contributed by atoms with van der Waals surface area (Å²) >= 11 is 0. The maximum atomic E-state index is 9.64. The first-order valence-corrected chi connectivity index (χ1v) is 15.0. The van der Waals surface area contributed by atoms with E-state index in [0.29, 0.717) is 16.2 Å². The molecule has 0 saturated carbocycles.